The van der Waals surface area contributed by atoms with Crippen LogP contribution in [0.25, 0.3) is 22.4 Å². The number of carbonyl (C=O) groups excluding carboxylic acids is 1. The van der Waals surface area contributed by atoms with Gasteiger partial charge in [-0.3, -0.25) is 4.79 Å². The van der Waals surface area contributed by atoms with Crippen molar-refractivity contribution in [2.75, 3.05) is 23.3 Å². The van der Waals surface area contributed by atoms with Crippen molar-refractivity contribution in [3.63, 3.8) is 0 Å². The second-order valence-electron chi connectivity index (χ2n) is 7.08. The molecule has 0 unspecified atom stereocenters. The molecule has 0 bridgehead atoms. The van der Waals surface area contributed by atoms with E-state index in [9.17, 15) is 9.59 Å². The van der Waals surface area contributed by atoms with Crippen molar-refractivity contribution >= 4 is 28.3 Å². The predicted octanol–water partition coefficient (Wildman–Crippen LogP) is 3.36. The van der Waals surface area contributed by atoms with Gasteiger partial charge < -0.3 is 24.7 Å². The van der Waals surface area contributed by atoms with E-state index in [1.807, 2.05) is 36.4 Å². The lowest BCUT2D eigenvalue weighted by atomic mass is 10.1. The summed E-state index contributed by atoms with van der Waals surface area (Å²) in [6, 6.07) is 13.1. The van der Waals surface area contributed by atoms with E-state index in [-0.39, 0.29) is 11.6 Å². The summed E-state index contributed by atoms with van der Waals surface area (Å²) in [5.74, 6) is 0.102. The van der Waals surface area contributed by atoms with E-state index >= 15 is 0 Å². The standard InChI is InChI=1S/C21H19N5O3/c27-20(14-12-22-29-19(14)13-6-2-1-3-7-13)23-17-10-15-16(25-21(28)24-15)11-18(17)26-8-4-5-9-26/h1-3,6-7,10-12H,4-5,8-9H2,(H,23,27)(H2,24,25,28). The van der Waals surface area contributed by atoms with E-state index in [0.29, 0.717) is 28.0 Å². The Bertz CT molecular complexity index is 1230. The van der Waals surface area contributed by atoms with Gasteiger partial charge in [-0.1, -0.05) is 35.5 Å². The highest BCUT2D eigenvalue weighted by atomic mass is 16.5. The van der Waals surface area contributed by atoms with Crippen molar-refractivity contribution in [1.29, 1.82) is 0 Å². The fraction of sp³-hybridized carbons (Fsp3) is 0.190. The number of carbonyl (C=O) groups is 1. The van der Waals surface area contributed by atoms with E-state index in [2.05, 4.69) is 25.3 Å². The largest absolute Gasteiger partial charge is 0.370 e. The highest BCUT2D eigenvalue weighted by Crippen LogP contribution is 2.33. The number of H-pyrrole nitrogens is 2. The number of nitrogens with zero attached hydrogens (tertiary/aromatic N) is 2. The molecule has 0 radical (unpaired) electrons. The summed E-state index contributed by atoms with van der Waals surface area (Å²) in [7, 11) is 0. The first-order valence-electron chi connectivity index (χ1n) is 9.51. The van der Waals surface area contributed by atoms with Crippen molar-refractivity contribution < 1.29 is 9.32 Å². The predicted molar refractivity (Wildman–Crippen MR) is 110 cm³/mol. The number of nitrogens with one attached hydrogen (secondary N) is 3. The number of amides is 1. The van der Waals surface area contributed by atoms with Crippen molar-refractivity contribution in [2.24, 2.45) is 0 Å². The van der Waals surface area contributed by atoms with Gasteiger partial charge in [-0.2, -0.15) is 0 Å². The average Bonchev–Trinajstić information content (AvgIpc) is 3.48. The summed E-state index contributed by atoms with van der Waals surface area (Å²) in [5.41, 5.74) is 3.73. The summed E-state index contributed by atoms with van der Waals surface area (Å²) < 4.78 is 5.34. The maximum atomic E-state index is 13.1. The van der Waals surface area contributed by atoms with Crippen LogP contribution in [0.15, 0.2) is 58.0 Å². The highest BCUT2D eigenvalue weighted by molar-refractivity contribution is 6.10. The fourth-order valence-corrected chi connectivity index (χ4v) is 3.78. The Labute approximate surface area is 165 Å². The van der Waals surface area contributed by atoms with Crippen LogP contribution in [0.1, 0.15) is 23.2 Å². The second kappa shape index (κ2) is 6.97. The van der Waals surface area contributed by atoms with Gasteiger partial charge in [-0.15, -0.1) is 0 Å². The molecule has 1 aliphatic rings. The van der Waals surface area contributed by atoms with Crippen LogP contribution in [0.5, 0.6) is 0 Å². The lowest BCUT2D eigenvalue weighted by Gasteiger charge is -2.21. The van der Waals surface area contributed by atoms with E-state index in [1.54, 1.807) is 6.07 Å². The van der Waals surface area contributed by atoms with Gasteiger partial charge in [-0.05, 0) is 25.0 Å². The zero-order valence-electron chi connectivity index (χ0n) is 15.6. The van der Waals surface area contributed by atoms with Crippen molar-refractivity contribution in [1.82, 2.24) is 15.1 Å². The van der Waals surface area contributed by atoms with E-state index < -0.39 is 0 Å². The van der Waals surface area contributed by atoms with E-state index in [4.69, 9.17) is 4.52 Å². The molecule has 0 atom stereocenters. The quantitative estimate of drug-likeness (QED) is 0.496. The topological polar surface area (TPSA) is 107 Å². The van der Waals surface area contributed by atoms with E-state index in [0.717, 1.165) is 37.2 Å². The van der Waals surface area contributed by atoms with Crippen LogP contribution in [-0.4, -0.2) is 34.1 Å². The summed E-state index contributed by atoms with van der Waals surface area (Å²) in [5, 5.41) is 6.80. The first kappa shape index (κ1) is 17.3. The normalized spacial score (nSPS) is 13.9. The van der Waals surface area contributed by atoms with Gasteiger partial charge in [0.2, 0.25) is 0 Å². The molecule has 8 nitrogen and oxygen atoms in total. The minimum absolute atomic E-state index is 0.277. The Balaban J connectivity index is 1.53. The molecule has 1 amide bonds. The van der Waals surface area contributed by atoms with Crippen LogP contribution >= 0.6 is 0 Å². The smallest absolute Gasteiger partial charge is 0.323 e. The SMILES string of the molecule is O=C(Nc1cc2[nH]c(=O)[nH]c2cc1N1CCCC1)c1cnoc1-c1ccccc1. The van der Waals surface area contributed by atoms with Crippen LogP contribution in [0.4, 0.5) is 11.4 Å². The summed E-state index contributed by atoms with van der Waals surface area (Å²) in [6.07, 6.45) is 3.61. The Hall–Kier alpha value is -3.81. The Morgan fingerprint density at radius 1 is 1.07 bits per heavy atom. The summed E-state index contributed by atoms with van der Waals surface area (Å²) in [6.45, 7) is 1.82. The number of imidazole rings is 1. The molecule has 146 valence electrons. The third-order valence-corrected chi connectivity index (χ3v) is 5.18. The molecule has 8 heteroatoms. The number of benzene rings is 2. The number of rotatable bonds is 4. The molecular weight excluding hydrogens is 370 g/mol. The first-order valence-corrected chi connectivity index (χ1v) is 9.51. The maximum Gasteiger partial charge on any atom is 0.323 e. The number of hydrogen-bond acceptors (Lipinski definition) is 5. The fourth-order valence-electron chi connectivity index (χ4n) is 3.78. The van der Waals surface area contributed by atoms with Crippen LogP contribution in [0.3, 0.4) is 0 Å². The highest BCUT2D eigenvalue weighted by Gasteiger charge is 2.22. The molecule has 29 heavy (non-hydrogen) atoms. The molecule has 1 aliphatic heterocycles. The third kappa shape index (κ3) is 3.18. The molecule has 0 saturated carbocycles. The van der Waals surface area contributed by atoms with Crippen molar-refractivity contribution in [3.05, 3.63) is 64.7 Å². The number of aromatic amines is 2. The van der Waals surface area contributed by atoms with Gasteiger partial charge in [0.1, 0.15) is 5.56 Å². The number of anilines is 2. The van der Waals surface area contributed by atoms with Crippen LogP contribution in [0.2, 0.25) is 0 Å². The minimum atomic E-state index is -0.317. The Morgan fingerprint density at radius 3 is 2.55 bits per heavy atom. The monoisotopic (exact) mass is 389 g/mol. The summed E-state index contributed by atoms with van der Waals surface area (Å²) in [4.78, 5) is 32.5. The molecule has 0 aliphatic carbocycles. The Kier molecular flexibility index (Phi) is 4.16. The number of fused-ring (bicyclic) bond motifs is 1. The van der Waals surface area contributed by atoms with Crippen molar-refractivity contribution in [3.8, 4) is 11.3 Å². The molecule has 3 heterocycles. The molecule has 0 spiro atoms. The lowest BCUT2D eigenvalue weighted by molar-refractivity contribution is 0.102. The number of aromatic nitrogens is 3. The molecule has 5 rings (SSSR count). The molecule has 2 aromatic carbocycles. The van der Waals surface area contributed by atoms with Gasteiger partial charge in [-0.25, -0.2) is 4.79 Å². The molecular formula is C21H19N5O3. The van der Waals surface area contributed by atoms with Gasteiger partial charge in [0, 0.05) is 18.7 Å². The average molecular weight is 389 g/mol. The third-order valence-electron chi connectivity index (χ3n) is 5.18. The second-order valence-corrected chi connectivity index (χ2v) is 7.08. The van der Waals surface area contributed by atoms with Gasteiger partial charge >= 0.3 is 5.69 Å². The molecule has 3 N–H and O–H groups in total. The molecule has 4 aromatic rings. The van der Waals surface area contributed by atoms with Crippen LogP contribution in [-0.2, 0) is 0 Å². The molecule has 1 fully saturated rings. The first-order chi connectivity index (χ1) is 14.2. The molecule has 1 saturated heterocycles. The van der Waals surface area contributed by atoms with Crippen molar-refractivity contribution in [2.45, 2.75) is 12.8 Å². The zero-order chi connectivity index (χ0) is 19.8. The van der Waals surface area contributed by atoms with Gasteiger partial charge in [0.25, 0.3) is 5.91 Å². The zero-order valence-corrected chi connectivity index (χ0v) is 15.6. The number of hydrogen-bond donors (Lipinski definition) is 3. The van der Waals surface area contributed by atoms with Crippen LogP contribution in [0, 0.1) is 0 Å². The maximum absolute atomic E-state index is 13.1. The van der Waals surface area contributed by atoms with Gasteiger partial charge in [0.15, 0.2) is 5.76 Å². The van der Waals surface area contributed by atoms with Crippen LogP contribution < -0.4 is 15.9 Å². The van der Waals surface area contributed by atoms with Gasteiger partial charge in [0.05, 0.1) is 28.6 Å². The Morgan fingerprint density at radius 2 is 1.79 bits per heavy atom. The lowest BCUT2D eigenvalue weighted by Crippen LogP contribution is -2.21. The summed E-state index contributed by atoms with van der Waals surface area (Å²) >= 11 is 0. The minimum Gasteiger partial charge on any atom is -0.370 e. The molecule has 2 aromatic heterocycles. The van der Waals surface area contributed by atoms with E-state index in [1.165, 1.54) is 6.20 Å².